The first kappa shape index (κ1) is 20.5. The summed E-state index contributed by atoms with van der Waals surface area (Å²) in [5.41, 5.74) is 0.390. The number of hydrogen-bond acceptors (Lipinski definition) is 5. The Morgan fingerprint density at radius 2 is 1.80 bits per heavy atom. The number of carbonyl (C=O) groups is 1. The van der Waals surface area contributed by atoms with Crippen LogP contribution < -0.4 is 14.8 Å². The van der Waals surface area contributed by atoms with E-state index in [-0.39, 0.29) is 11.9 Å². The molecule has 0 spiro atoms. The minimum Gasteiger partial charge on any atom is -0.495 e. The van der Waals surface area contributed by atoms with E-state index in [1.165, 1.54) is 0 Å². The first-order valence-corrected chi connectivity index (χ1v) is 9.81. The fourth-order valence-electron chi connectivity index (χ4n) is 3.07. The second kappa shape index (κ2) is 9.21. The van der Waals surface area contributed by atoms with Gasteiger partial charge in [-0.2, -0.15) is 0 Å². The molecule has 25 heavy (non-hydrogen) atoms. The van der Waals surface area contributed by atoms with Crippen molar-refractivity contribution in [3.05, 3.63) is 20.6 Å². The van der Waals surface area contributed by atoms with Crippen molar-refractivity contribution < 1.29 is 14.3 Å². The number of nitrogens with zero attached hydrogens (tertiary/aromatic N) is 2. The average Bonchev–Trinajstić information content (AvgIpc) is 2.75. The van der Waals surface area contributed by atoms with E-state index in [9.17, 15) is 4.79 Å². The van der Waals surface area contributed by atoms with Gasteiger partial charge in [0.05, 0.1) is 29.2 Å². The van der Waals surface area contributed by atoms with Gasteiger partial charge in [-0.25, -0.2) is 0 Å². The predicted octanol–water partition coefficient (Wildman–Crippen LogP) is 2.59. The highest BCUT2D eigenvalue weighted by atomic mass is 79.9. The van der Waals surface area contributed by atoms with Crippen molar-refractivity contribution in [3.63, 3.8) is 0 Å². The van der Waals surface area contributed by atoms with Crippen LogP contribution in [0.1, 0.15) is 17.3 Å². The molecule has 1 amide bonds. The van der Waals surface area contributed by atoms with Gasteiger partial charge in [0, 0.05) is 26.2 Å². The lowest BCUT2D eigenvalue weighted by atomic mass is 10.1. The topological polar surface area (TPSA) is 54.0 Å². The van der Waals surface area contributed by atoms with Gasteiger partial charge in [-0.3, -0.25) is 4.79 Å². The van der Waals surface area contributed by atoms with Gasteiger partial charge in [0.2, 0.25) is 0 Å². The normalized spacial score (nSPS) is 19.4. The van der Waals surface area contributed by atoms with E-state index in [0.29, 0.717) is 26.0 Å². The molecule has 1 unspecified atom stereocenters. The van der Waals surface area contributed by atoms with Gasteiger partial charge >= 0.3 is 0 Å². The fourth-order valence-corrected chi connectivity index (χ4v) is 4.55. The van der Waals surface area contributed by atoms with Crippen LogP contribution in [0.2, 0.25) is 0 Å². The summed E-state index contributed by atoms with van der Waals surface area (Å²) < 4.78 is 12.3. The van der Waals surface area contributed by atoms with Crippen molar-refractivity contribution in [1.29, 1.82) is 0 Å². The van der Waals surface area contributed by atoms with Crippen LogP contribution in [0.15, 0.2) is 15.0 Å². The molecule has 1 aromatic rings. The summed E-state index contributed by atoms with van der Waals surface area (Å²) in [5, 5.41) is 3.15. The van der Waals surface area contributed by atoms with Crippen molar-refractivity contribution in [2.75, 3.05) is 54.0 Å². The van der Waals surface area contributed by atoms with Crippen LogP contribution in [0.3, 0.4) is 0 Å². The predicted molar refractivity (Wildman–Crippen MR) is 106 cm³/mol. The summed E-state index contributed by atoms with van der Waals surface area (Å²) in [7, 11) is 5.17. The number of likely N-dealkylation sites (N-methyl/N-ethyl adjacent to an activating group) is 2. The molecule has 1 aliphatic rings. The van der Waals surface area contributed by atoms with Gasteiger partial charge in [-0.15, -0.1) is 0 Å². The van der Waals surface area contributed by atoms with Crippen molar-refractivity contribution >= 4 is 37.8 Å². The largest absolute Gasteiger partial charge is 0.495 e. The highest BCUT2D eigenvalue weighted by Gasteiger charge is 2.27. The smallest absolute Gasteiger partial charge is 0.259 e. The lowest BCUT2D eigenvalue weighted by molar-refractivity contribution is 0.0918. The van der Waals surface area contributed by atoms with Crippen LogP contribution >= 0.6 is 31.9 Å². The number of benzene rings is 1. The zero-order valence-corrected chi connectivity index (χ0v) is 18.2. The Hall–Kier alpha value is -0.830. The Morgan fingerprint density at radius 3 is 2.32 bits per heavy atom. The van der Waals surface area contributed by atoms with Crippen molar-refractivity contribution in [2.24, 2.45) is 0 Å². The summed E-state index contributed by atoms with van der Waals surface area (Å²) in [6.45, 7) is 6.75. The Bertz CT molecular complexity index is 599. The van der Waals surface area contributed by atoms with E-state index >= 15 is 0 Å². The zero-order valence-electron chi connectivity index (χ0n) is 15.1. The van der Waals surface area contributed by atoms with Crippen molar-refractivity contribution in [3.8, 4) is 11.5 Å². The molecule has 6 nitrogen and oxygen atoms in total. The Balaban J connectivity index is 2.30. The molecule has 140 valence electrons. The van der Waals surface area contributed by atoms with Gasteiger partial charge < -0.3 is 24.6 Å². The van der Waals surface area contributed by atoms with Crippen LogP contribution in [0.5, 0.6) is 11.5 Å². The van der Waals surface area contributed by atoms with Crippen LogP contribution in [0.4, 0.5) is 0 Å². The Kier molecular flexibility index (Phi) is 7.54. The first-order chi connectivity index (χ1) is 11.9. The molecule has 0 saturated carbocycles. The van der Waals surface area contributed by atoms with E-state index in [1.54, 1.807) is 14.2 Å². The molecule has 0 radical (unpaired) electrons. The molecule has 0 aromatic heterocycles. The minimum atomic E-state index is -0.202. The SMILES string of the molecule is CCN1CCN(C)CC(NC(=O)c2c(OC)c(Br)cc(Br)c2OC)C1. The van der Waals surface area contributed by atoms with Gasteiger partial charge in [0.15, 0.2) is 0 Å². The number of hydrogen-bond donors (Lipinski definition) is 1. The van der Waals surface area contributed by atoms with Gasteiger partial charge in [0.1, 0.15) is 17.1 Å². The molecule has 1 saturated heterocycles. The van der Waals surface area contributed by atoms with Crippen LogP contribution in [0, 0.1) is 0 Å². The molecule has 1 aliphatic heterocycles. The van der Waals surface area contributed by atoms with E-state index in [4.69, 9.17) is 9.47 Å². The number of methoxy groups -OCH3 is 2. The summed E-state index contributed by atoms with van der Waals surface area (Å²) in [6.07, 6.45) is 0. The van der Waals surface area contributed by atoms with Crippen LogP contribution in [-0.4, -0.2) is 75.7 Å². The molecule has 1 atom stereocenters. The highest BCUT2D eigenvalue weighted by Crippen LogP contribution is 2.41. The lowest BCUT2D eigenvalue weighted by Crippen LogP contribution is -2.46. The van der Waals surface area contributed by atoms with Crippen LogP contribution in [0.25, 0.3) is 0 Å². The van der Waals surface area contributed by atoms with E-state index in [2.05, 4.69) is 60.9 Å². The number of nitrogens with one attached hydrogen (secondary N) is 1. The number of halogens is 2. The highest BCUT2D eigenvalue weighted by molar-refractivity contribution is 9.11. The summed E-state index contributed by atoms with van der Waals surface area (Å²) in [5.74, 6) is 0.728. The monoisotopic (exact) mass is 477 g/mol. The second-order valence-corrected chi connectivity index (χ2v) is 7.82. The maximum atomic E-state index is 13.0. The maximum absolute atomic E-state index is 13.0. The number of carbonyl (C=O) groups excluding carboxylic acids is 1. The average molecular weight is 479 g/mol. The standard InChI is InChI=1S/C17H25Br2N3O3/c1-5-22-7-6-21(2)9-11(10-22)20-17(23)14-15(24-3)12(18)8-13(19)16(14)25-4/h8,11H,5-7,9-10H2,1-4H3,(H,20,23). The Labute approximate surface area is 166 Å². The van der Waals surface area contributed by atoms with Gasteiger partial charge in [0.25, 0.3) is 5.91 Å². The zero-order chi connectivity index (χ0) is 18.6. The van der Waals surface area contributed by atoms with Gasteiger partial charge in [-0.1, -0.05) is 6.92 Å². The molecule has 0 bridgehead atoms. The first-order valence-electron chi connectivity index (χ1n) is 8.22. The summed E-state index contributed by atoms with van der Waals surface area (Å²) in [4.78, 5) is 17.6. The second-order valence-electron chi connectivity index (χ2n) is 6.11. The molecule has 1 aromatic carbocycles. The van der Waals surface area contributed by atoms with Gasteiger partial charge in [-0.05, 0) is 51.5 Å². The maximum Gasteiger partial charge on any atom is 0.259 e. The number of ether oxygens (including phenoxy) is 2. The lowest BCUT2D eigenvalue weighted by Gasteiger charge is -2.25. The van der Waals surface area contributed by atoms with E-state index < -0.39 is 0 Å². The summed E-state index contributed by atoms with van der Waals surface area (Å²) >= 11 is 6.90. The molecule has 1 N–H and O–H groups in total. The summed E-state index contributed by atoms with van der Waals surface area (Å²) in [6, 6.07) is 1.85. The van der Waals surface area contributed by atoms with E-state index in [1.807, 2.05) is 6.07 Å². The fraction of sp³-hybridized carbons (Fsp3) is 0.588. The quantitative estimate of drug-likeness (QED) is 0.704. The molecular formula is C17H25Br2N3O3. The minimum absolute atomic E-state index is 0.0344. The molecule has 1 heterocycles. The van der Waals surface area contributed by atoms with Crippen molar-refractivity contribution in [1.82, 2.24) is 15.1 Å². The Morgan fingerprint density at radius 1 is 1.20 bits per heavy atom. The van der Waals surface area contributed by atoms with Crippen LogP contribution in [-0.2, 0) is 0 Å². The van der Waals surface area contributed by atoms with E-state index in [0.717, 1.165) is 32.7 Å². The molecule has 1 fully saturated rings. The third-order valence-electron chi connectivity index (χ3n) is 4.37. The number of amides is 1. The molecule has 2 rings (SSSR count). The third kappa shape index (κ3) is 4.87. The third-order valence-corrected chi connectivity index (χ3v) is 5.55. The molecule has 8 heteroatoms. The molecule has 0 aliphatic carbocycles. The van der Waals surface area contributed by atoms with Crippen molar-refractivity contribution in [2.45, 2.75) is 13.0 Å². The number of rotatable bonds is 5. The molecular weight excluding hydrogens is 454 g/mol.